The topological polar surface area (TPSA) is 47.6 Å². The van der Waals surface area contributed by atoms with Crippen LogP contribution in [-0.4, -0.2) is 24.4 Å². The van der Waals surface area contributed by atoms with Gasteiger partial charge in [-0.2, -0.15) is 0 Å². The zero-order valence-electron chi connectivity index (χ0n) is 10.3. The first kappa shape index (κ1) is 13.0. The minimum absolute atomic E-state index is 0.287. The van der Waals surface area contributed by atoms with E-state index in [-0.39, 0.29) is 11.5 Å². The van der Waals surface area contributed by atoms with Crippen molar-refractivity contribution >= 4 is 13.2 Å². The lowest BCUT2D eigenvalue weighted by Crippen LogP contribution is -2.42. The Morgan fingerprint density at radius 2 is 1.69 bits per heavy atom. The van der Waals surface area contributed by atoms with E-state index in [4.69, 9.17) is 9.31 Å². The van der Waals surface area contributed by atoms with Crippen LogP contribution in [0.2, 0.25) is 0 Å². The Balaban J connectivity index is 2.64. The Hall–Kier alpha value is -1.07. The summed E-state index contributed by atoms with van der Waals surface area (Å²) < 4.78 is 11.2. The second kappa shape index (κ2) is 4.07. The van der Waals surface area contributed by atoms with Gasteiger partial charge in [-0.3, -0.25) is 4.79 Å². The Bertz CT molecular complexity index is 320. The molecule has 1 heterocycles. The van der Waals surface area contributed by atoms with Crippen molar-refractivity contribution in [2.24, 2.45) is 0 Å². The zero-order chi connectivity index (χ0) is 12.6. The van der Waals surface area contributed by atoms with Crippen molar-refractivity contribution in [3.05, 3.63) is 24.8 Å². The lowest BCUT2D eigenvalue weighted by Gasteiger charge is -2.32. The molecular formula is C11H18BNO3. The molecular weight excluding hydrogens is 205 g/mol. The molecule has 0 bridgehead atoms. The second-order valence-corrected chi connectivity index (χ2v) is 4.79. The molecule has 1 N–H and O–H groups in total. The molecule has 0 aromatic rings. The fourth-order valence-electron chi connectivity index (χ4n) is 1.19. The summed E-state index contributed by atoms with van der Waals surface area (Å²) in [7, 11) is -0.741. The van der Waals surface area contributed by atoms with Crippen LogP contribution in [-0.2, 0) is 14.1 Å². The number of carbonyl (C=O) groups excluding carboxylic acids is 1. The van der Waals surface area contributed by atoms with E-state index in [0.29, 0.717) is 0 Å². The Kier molecular flexibility index (Phi) is 3.31. The van der Waals surface area contributed by atoms with Crippen LogP contribution in [0.15, 0.2) is 24.8 Å². The van der Waals surface area contributed by atoms with E-state index in [1.54, 1.807) is 0 Å². The molecule has 0 saturated carbocycles. The SMILES string of the molecule is C=CC(=C)C(=O)NB1OC(C)(C)C(C)(C)O1. The number of hydrogen-bond donors (Lipinski definition) is 1. The second-order valence-electron chi connectivity index (χ2n) is 4.79. The van der Waals surface area contributed by atoms with Crippen molar-refractivity contribution in [3.8, 4) is 0 Å². The Morgan fingerprint density at radius 1 is 1.25 bits per heavy atom. The van der Waals surface area contributed by atoms with Crippen LogP contribution >= 0.6 is 0 Å². The highest BCUT2D eigenvalue weighted by Crippen LogP contribution is 2.35. The highest BCUT2D eigenvalue weighted by molar-refractivity contribution is 6.47. The minimum Gasteiger partial charge on any atom is -0.384 e. The maximum absolute atomic E-state index is 11.5. The third kappa shape index (κ3) is 2.36. The molecule has 88 valence electrons. The Labute approximate surface area is 96.9 Å². The number of hydrogen-bond acceptors (Lipinski definition) is 3. The van der Waals surface area contributed by atoms with Gasteiger partial charge in [-0.25, -0.2) is 0 Å². The fourth-order valence-corrected chi connectivity index (χ4v) is 1.19. The predicted octanol–water partition coefficient (Wildman–Crippen LogP) is 1.43. The largest absolute Gasteiger partial charge is 0.594 e. The number of amides is 1. The monoisotopic (exact) mass is 223 g/mol. The van der Waals surface area contributed by atoms with Gasteiger partial charge in [0.05, 0.1) is 11.2 Å². The van der Waals surface area contributed by atoms with Crippen LogP contribution in [0.3, 0.4) is 0 Å². The van der Waals surface area contributed by atoms with Crippen LogP contribution in [0.5, 0.6) is 0 Å². The molecule has 4 nitrogen and oxygen atoms in total. The van der Waals surface area contributed by atoms with Crippen molar-refractivity contribution in [3.63, 3.8) is 0 Å². The van der Waals surface area contributed by atoms with E-state index >= 15 is 0 Å². The van der Waals surface area contributed by atoms with Gasteiger partial charge in [-0.05, 0) is 27.7 Å². The average Bonchev–Trinajstić information content (AvgIpc) is 2.33. The van der Waals surface area contributed by atoms with Gasteiger partial charge in [0, 0.05) is 5.57 Å². The molecule has 1 amide bonds. The van der Waals surface area contributed by atoms with Gasteiger partial charge in [0.2, 0.25) is 5.91 Å². The molecule has 0 radical (unpaired) electrons. The van der Waals surface area contributed by atoms with E-state index in [1.165, 1.54) is 6.08 Å². The summed E-state index contributed by atoms with van der Waals surface area (Å²) in [5.41, 5.74) is -0.629. The molecule has 0 unspecified atom stereocenters. The molecule has 16 heavy (non-hydrogen) atoms. The van der Waals surface area contributed by atoms with Crippen LogP contribution in [0, 0.1) is 0 Å². The van der Waals surface area contributed by atoms with E-state index in [1.807, 2.05) is 27.7 Å². The van der Waals surface area contributed by atoms with Gasteiger partial charge in [0.15, 0.2) is 0 Å². The molecule has 0 aromatic carbocycles. The average molecular weight is 223 g/mol. The van der Waals surface area contributed by atoms with E-state index < -0.39 is 18.5 Å². The quantitative estimate of drug-likeness (QED) is 0.447. The van der Waals surface area contributed by atoms with Gasteiger partial charge in [-0.15, -0.1) is 0 Å². The van der Waals surface area contributed by atoms with Crippen molar-refractivity contribution in [2.75, 3.05) is 0 Å². The maximum atomic E-state index is 11.5. The third-order valence-electron chi connectivity index (χ3n) is 3.04. The van der Waals surface area contributed by atoms with Crippen LogP contribution in [0.25, 0.3) is 0 Å². The smallest absolute Gasteiger partial charge is 0.384 e. The minimum atomic E-state index is -0.741. The summed E-state index contributed by atoms with van der Waals surface area (Å²) in [6.07, 6.45) is 1.39. The van der Waals surface area contributed by atoms with Crippen molar-refractivity contribution in [2.45, 2.75) is 38.9 Å². The number of rotatable bonds is 3. The highest BCUT2D eigenvalue weighted by atomic mass is 16.7. The first-order valence-corrected chi connectivity index (χ1v) is 5.17. The molecule has 1 rings (SSSR count). The molecule has 1 aliphatic rings. The summed E-state index contributed by atoms with van der Waals surface area (Å²) in [5, 5.41) is 2.59. The summed E-state index contributed by atoms with van der Waals surface area (Å²) in [4.78, 5) is 11.5. The van der Waals surface area contributed by atoms with Crippen molar-refractivity contribution in [1.29, 1.82) is 0 Å². The van der Waals surface area contributed by atoms with Gasteiger partial charge in [-0.1, -0.05) is 19.2 Å². The third-order valence-corrected chi connectivity index (χ3v) is 3.04. The lowest BCUT2D eigenvalue weighted by atomic mass is 9.90. The first-order chi connectivity index (χ1) is 7.19. The Morgan fingerprint density at radius 3 is 2.06 bits per heavy atom. The van der Waals surface area contributed by atoms with E-state index in [0.717, 1.165) is 0 Å². The standard InChI is InChI=1S/C11H18BNO3/c1-7-8(2)9(14)13-12-15-10(3,4)11(5,6)16-12/h7H,1-2H2,3-6H3,(H,13,14). The fraction of sp³-hybridized carbons (Fsp3) is 0.545. The van der Waals surface area contributed by atoms with Crippen LogP contribution < -0.4 is 5.23 Å². The van der Waals surface area contributed by atoms with Gasteiger partial charge < -0.3 is 14.5 Å². The normalized spacial score (nSPS) is 21.6. The summed E-state index contributed by atoms with van der Waals surface area (Å²) in [6.45, 7) is 14.7. The zero-order valence-corrected chi connectivity index (χ0v) is 10.3. The molecule has 0 aliphatic carbocycles. The van der Waals surface area contributed by atoms with E-state index in [2.05, 4.69) is 18.4 Å². The highest BCUT2D eigenvalue weighted by Gasteiger charge is 2.52. The maximum Gasteiger partial charge on any atom is 0.594 e. The molecule has 1 aliphatic heterocycles. The number of carbonyl (C=O) groups is 1. The molecule has 0 atom stereocenters. The van der Waals surface area contributed by atoms with E-state index in [9.17, 15) is 4.79 Å². The summed E-state index contributed by atoms with van der Waals surface area (Å²) in [5.74, 6) is -0.339. The van der Waals surface area contributed by atoms with Crippen LogP contribution in [0.1, 0.15) is 27.7 Å². The summed E-state index contributed by atoms with van der Waals surface area (Å²) >= 11 is 0. The predicted molar refractivity (Wildman–Crippen MR) is 63.6 cm³/mol. The summed E-state index contributed by atoms with van der Waals surface area (Å²) in [6, 6.07) is 0. The van der Waals surface area contributed by atoms with Crippen molar-refractivity contribution < 1.29 is 14.1 Å². The number of nitrogens with one attached hydrogen (secondary N) is 1. The molecule has 1 fully saturated rings. The molecule has 0 spiro atoms. The van der Waals surface area contributed by atoms with Crippen LogP contribution in [0.4, 0.5) is 0 Å². The van der Waals surface area contributed by atoms with Crippen molar-refractivity contribution in [1.82, 2.24) is 5.23 Å². The first-order valence-electron chi connectivity index (χ1n) is 5.17. The molecule has 5 heteroatoms. The van der Waals surface area contributed by atoms with Gasteiger partial charge in [0.1, 0.15) is 0 Å². The lowest BCUT2D eigenvalue weighted by molar-refractivity contribution is -0.116. The van der Waals surface area contributed by atoms with Gasteiger partial charge >= 0.3 is 7.25 Å². The molecule has 1 saturated heterocycles. The van der Waals surface area contributed by atoms with Gasteiger partial charge in [0.25, 0.3) is 0 Å². The molecule has 0 aromatic heterocycles.